The molecule has 1 N–H and O–H groups in total. The van der Waals surface area contributed by atoms with Crippen LogP contribution in [-0.2, 0) is 11.3 Å². The van der Waals surface area contributed by atoms with Crippen LogP contribution in [-0.4, -0.2) is 41.2 Å². The molecule has 1 aromatic heterocycles. The number of para-hydroxylation sites is 1. The number of fused-ring (bicyclic) bond motifs is 1. The molecule has 0 aliphatic carbocycles. The standard InChI is InChI=1S/C19H18ClFN4O/c20-15-11-13(5-6-16(15)21)22-19-14-3-1-2-4-17(14)23-18(24-19)12-25-7-9-26-10-8-25/h1-6,11H,7-10,12H2,(H,22,23,24). The van der Waals surface area contributed by atoms with E-state index in [-0.39, 0.29) is 5.02 Å². The van der Waals surface area contributed by atoms with Crippen LogP contribution >= 0.6 is 11.6 Å². The minimum Gasteiger partial charge on any atom is -0.379 e. The van der Waals surface area contributed by atoms with Crippen molar-refractivity contribution in [1.29, 1.82) is 0 Å². The third-order valence-electron chi connectivity index (χ3n) is 4.30. The number of nitrogens with one attached hydrogen (secondary N) is 1. The third kappa shape index (κ3) is 3.77. The maximum absolute atomic E-state index is 13.4. The lowest BCUT2D eigenvalue weighted by Gasteiger charge is -2.26. The van der Waals surface area contributed by atoms with Crippen molar-refractivity contribution in [2.45, 2.75) is 6.54 Å². The number of nitrogens with zero attached hydrogens (tertiary/aromatic N) is 3. The Morgan fingerprint density at radius 2 is 1.92 bits per heavy atom. The number of rotatable bonds is 4. The topological polar surface area (TPSA) is 50.3 Å². The van der Waals surface area contributed by atoms with Crippen LogP contribution in [0.4, 0.5) is 15.9 Å². The molecule has 0 saturated carbocycles. The summed E-state index contributed by atoms with van der Waals surface area (Å²) < 4.78 is 18.8. The summed E-state index contributed by atoms with van der Waals surface area (Å²) in [4.78, 5) is 11.7. The quantitative estimate of drug-likeness (QED) is 0.750. The summed E-state index contributed by atoms with van der Waals surface area (Å²) in [5.41, 5.74) is 1.54. The predicted molar refractivity (Wildman–Crippen MR) is 100 cm³/mol. The van der Waals surface area contributed by atoms with E-state index in [9.17, 15) is 4.39 Å². The van der Waals surface area contributed by atoms with Gasteiger partial charge in [-0.25, -0.2) is 14.4 Å². The van der Waals surface area contributed by atoms with Crippen LogP contribution in [0.1, 0.15) is 5.82 Å². The fraction of sp³-hybridized carbons (Fsp3) is 0.263. The van der Waals surface area contributed by atoms with E-state index in [0.29, 0.717) is 18.1 Å². The number of ether oxygens (including phenoxy) is 1. The Hall–Kier alpha value is -2.28. The van der Waals surface area contributed by atoms with Gasteiger partial charge in [0.1, 0.15) is 17.5 Å². The van der Waals surface area contributed by atoms with Crippen molar-refractivity contribution >= 4 is 34.0 Å². The molecule has 1 aliphatic heterocycles. The van der Waals surface area contributed by atoms with E-state index in [1.54, 1.807) is 12.1 Å². The Morgan fingerprint density at radius 3 is 2.73 bits per heavy atom. The van der Waals surface area contributed by atoms with Crippen LogP contribution in [0, 0.1) is 5.82 Å². The Kier molecular flexibility index (Phi) is 4.97. The molecule has 1 saturated heterocycles. The van der Waals surface area contributed by atoms with Crippen molar-refractivity contribution in [3.63, 3.8) is 0 Å². The average molecular weight is 373 g/mol. The highest BCUT2D eigenvalue weighted by Crippen LogP contribution is 2.26. The Bertz CT molecular complexity index is 931. The normalized spacial score (nSPS) is 15.3. The summed E-state index contributed by atoms with van der Waals surface area (Å²) >= 11 is 5.89. The lowest BCUT2D eigenvalue weighted by Crippen LogP contribution is -2.36. The highest BCUT2D eigenvalue weighted by Gasteiger charge is 2.14. The molecule has 1 aliphatic rings. The molecule has 26 heavy (non-hydrogen) atoms. The van der Waals surface area contributed by atoms with Gasteiger partial charge >= 0.3 is 0 Å². The number of hydrogen-bond donors (Lipinski definition) is 1. The van der Waals surface area contributed by atoms with E-state index in [4.69, 9.17) is 21.3 Å². The summed E-state index contributed by atoms with van der Waals surface area (Å²) in [6, 6.07) is 12.3. The van der Waals surface area contributed by atoms with E-state index < -0.39 is 5.82 Å². The van der Waals surface area contributed by atoms with Gasteiger partial charge in [-0.05, 0) is 30.3 Å². The van der Waals surface area contributed by atoms with Crippen LogP contribution < -0.4 is 5.32 Å². The molecular weight excluding hydrogens is 355 g/mol. The maximum atomic E-state index is 13.4. The predicted octanol–water partition coefficient (Wildman–Crippen LogP) is 4.00. The number of aromatic nitrogens is 2. The highest BCUT2D eigenvalue weighted by atomic mass is 35.5. The largest absolute Gasteiger partial charge is 0.379 e. The van der Waals surface area contributed by atoms with Crippen LogP contribution in [0.2, 0.25) is 5.02 Å². The number of morpholine rings is 1. The molecule has 2 aromatic carbocycles. The van der Waals surface area contributed by atoms with Crippen molar-refractivity contribution in [3.8, 4) is 0 Å². The monoisotopic (exact) mass is 372 g/mol. The zero-order valence-corrected chi connectivity index (χ0v) is 14.8. The van der Waals surface area contributed by atoms with Crippen molar-refractivity contribution in [2.24, 2.45) is 0 Å². The third-order valence-corrected chi connectivity index (χ3v) is 4.59. The first kappa shape index (κ1) is 17.1. The number of halogens is 2. The van der Waals surface area contributed by atoms with E-state index >= 15 is 0 Å². The van der Waals surface area contributed by atoms with E-state index in [1.165, 1.54) is 6.07 Å². The van der Waals surface area contributed by atoms with Gasteiger partial charge in [0.2, 0.25) is 0 Å². The van der Waals surface area contributed by atoms with Gasteiger partial charge in [0, 0.05) is 24.2 Å². The van der Waals surface area contributed by atoms with Crippen molar-refractivity contribution in [3.05, 3.63) is 59.1 Å². The van der Waals surface area contributed by atoms with Gasteiger partial charge in [-0.2, -0.15) is 0 Å². The Labute approximate surface area is 155 Å². The van der Waals surface area contributed by atoms with Crippen molar-refractivity contribution in [1.82, 2.24) is 14.9 Å². The van der Waals surface area contributed by atoms with Crippen molar-refractivity contribution < 1.29 is 9.13 Å². The fourth-order valence-electron chi connectivity index (χ4n) is 2.96. The van der Waals surface area contributed by atoms with Gasteiger partial charge in [0.25, 0.3) is 0 Å². The Morgan fingerprint density at radius 1 is 1.12 bits per heavy atom. The van der Waals surface area contributed by atoms with E-state index in [1.807, 2.05) is 24.3 Å². The second kappa shape index (κ2) is 7.53. The lowest BCUT2D eigenvalue weighted by molar-refractivity contribution is 0.0331. The molecule has 0 amide bonds. The van der Waals surface area contributed by atoms with Gasteiger partial charge in [-0.1, -0.05) is 23.7 Å². The Balaban J connectivity index is 1.68. The molecule has 5 nitrogen and oxygen atoms in total. The molecule has 0 atom stereocenters. The summed E-state index contributed by atoms with van der Waals surface area (Å²) in [6.45, 7) is 3.85. The molecule has 0 spiro atoms. The molecule has 134 valence electrons. The zero-order valence-electron chi connectivity index (χ0n) is 14.1. The lowest BCUT2D eigenvalue weighted by atomic mass is 10.2. The number of hydrogen-bond acceptors (Lipinski definition) is 5. The van der Waals surface area contributed by atoms with Gasteiger partial charge in [-0.3, -0.25) is 4.90 Å². The second-order valence-electron chi connectivity index (χ2n) is 6.15. The van der Waals surface area contributed by atoms with Gasteiger partial charge in [-0.15, -0.1) is 0 Å². The average Bonchev–Trinajstić information content (AvgIpc) is 2.66. The smallest absolute Gasteiger partial charge is 0.145 e. The van der Waals surface area contributed by atoms with Crippen LogP contribution in [0.5, 0.6) is 0 Å². The highest BCUT2D eigenvalue weighted by molar-refractivity contribution is 6.31. The molecule has 0 bridgehead atoms. The fourth-order valence-corrected chi connectivity index (χ4v) is 3.14. The maximum Gasteiger partial charge on any atom is 0.145 e. The molecule has 7 heteroatoms. The summed E-state index contributed by atoms with van der Waals surface area (Å²) in [6.07, 6.45) is 0. The van der Waals surface area contributed by atoms with E-state index in [2.05, 4.69) is 15.2 Å². The van der Waals surface area contributed by atoms with Crippen LogP contribution in [0.25, 0.3) is 10.9 Å². The number of anilines is 2. The van der Waals surface area contributed by atoms with E-state index in [0.717, 1.165) is 43.0 Å². The first-order valence-corrected chi connectivity index (χ1v) is 8.85. The molecule has 0 radical (unpaired) electrons. The molecule has 1 fully saturated rings. The zero-order chi connectivity index (χ0) is 17.9. The van der Waals surface area contributed by atoms with Gasteiger partial charge in [0.05, 0.1) is 30.3 Å². The molecule has 3 aromatic rings. The minimum absolute atomic E-state index is 0.0712. The molecule has 2 heterocycles. The SMILES string of the molecule is Fc1ccc(Nc2nc(CN3CCOCC3)nc3ccccc23)cc1Cl. The van der Waals surface area contributed by atoms with Crippen LogP contribution in [0.15, 0.2) is 42.5 Å². The minimum atomic E-state index is -0.447. The molecule has 4 rings (SSSR count). The first-order chi connectivity index (χ1) is 12.7. The summed E-state index contributed by atoms with van der Waals surface area (Å²) in [5, 5.41) is 4.22. The molecular formula is C19H18ClFN4O. The second-order valence-corrected chi connectivity index (χ2v) is 6.56. The van der Waals surface area contributed by atoms with Crippen molar-refractivity contribution in [2.75, 3.05) is 31.6 Å². The number of benzene rings is 2. The summed E-state index contributed by atoms with van der Waals surface area (Å²) in [7, 11) is 0. The summed E-state index contributed by atoms with van der Waals surface area (Å²) in [5.74, 6) is 0.973. The first-order valence-electron chi connectivity index (χ1n) is 8.47. The van der Waals surface area contributed by atoms with Gasteiger partial charge in [0.15, 0.2) is 0 Å². The molecule has 0 unspecified atom stereocenters. The van der Waals surface area contributed by atoms with Gasteiger partial charge < -0.3 is 10.1 Å². The van der Waals surface area contributed by atoms with Crippen LogP contribution in [0.3, 0.4) is 0 Å².